The lowest BCUT2D eigenvalue weighted by atomic mass is 9.83. The van der Waals surface area contributed by atoms with E-state index in [1.165, 1.54) is 5.56 Å². The van der Waals surface area contributed by atoms with Crippen LogP contribution in [0.3, 0.4) is 0 Å². The lowest BCUT2D eigenvalue weighted by Crippen LogP contribution is -2.22. The Hall–Kier alpha value is -2.74. The van der Waals surface area contributed by atoms with E-state index in [0.717, 1.165) is 11.4 Å². The zero-order valence-corrected chi connectivity index (χ0v) is 15.1. The average molecular weight is 320 g/mol. The Bertz CT molecular complexity index is 609. The van der Waals surface area contributed by atoms with Gasteiger partial charge < -0.3 is 9.80 Å². The van der Waals surface area contributed by atoms with Gasteiger partial charge in [-0.15, -0.1) is 0 Å². The van der Waals surface area contributed by atoms with Crippen LogP contribution >= 0.6 is 0 Å². The van der Waals surface area contributed by atoms with E-state index in [0.29, 0.717) is 0 Å². The van der Waals surface area contributed by atoms with Gasteiger partial charge in [0, 0.05) is 30.4 Å². The molecule has 0 aliphatic rings. The van der Waals surface area contributed by atoms with E-state index in [9.17, 15) is 0 Å². The van der Waals surface area contributed by atoms with E-state index < -0.39 is 0 Å². The fourth-order valence-electron chi connectivity index (χ4n) is 2.51. The Balaban J connectivity index is 3.65. The summed E-state index contributed by atoms with van der Waals surface area (Å²) in [6, 6.07) is 6.23. The molecule has 0 aliphatic carbocycles. The van der Waals surface area contributed by atoms with Crippen LogP contribution in [0.15, 0.2) is 93.6 Å². The highest BCUT2D eigenvalue weighted by atomic mass is 15.1. The molecule has 0 unspecified atom stereocenters. The third-order valence-electron chi connectivity index (χ3n) is 3.49. The second-order valence-corrected chi connectivity index (χ2v) is 6.26. The molecule has 1 aromatic carbocycles. The first-order chi connectivity index (χ1) is 11.4. The third kappa shape index (κ3) is 4.63. The third-order valence-corrected chi connectivity index (χ3v) is 3.49. The lowest BCUT2D eigenvalue weighted by molar-refractivity contribution is 0.591. The molecule has 24 heavy (non-hydrogen) atoms. The summed E-state index contributed by atoms with van der Waals surface area (Å²) in [6.07, 6.45) is 14.8. The molecule has 0 bridgehead atoms. The van der Waals surface area contributed by atoms with Crippen molar-refractivity contribution >= 4 is 11.4 Å². The van der Waals surface area contributed by atoms with Crippen molar-refractivity contribution in [2.24, 2.45) is 0 Å². The van der Waals surface area contributed by atoms with Gasteiger partial charge in [0.15, 0.2) is 0 Å². The molecule has 0 N–H and O–H groups in total. The molecule has 0 heterocycles. The minimum Gasteiger partial charge on any atom is -0.324 e. The van der Waals surface area contributed by atoms with Gasteiger partial charge >= 0.3 is 0 Å². The maximum atomic E-state index is 3.94. The van der Waals surface area contributed by atoms with Crippen LogP contribution in [0.1, 0.15) is 26.3 Å². The van der Waals surface area contributed by atoms with E-state index in [2.05, 4.69) is 59.2 Å². The van der Waals surface area contributed by atoms with E-state index in [4.69, 9.17) is 0 Å². The van der Waals surface area contributed by atoms with Crippen LogP contribution in [-0.2, 0) is 5.41 Å². The number of allylic oxidation sites excluding steroid dienone is 4. The second kappa shape index (κ2) is 8.78. The summed E-state index contributed by atoms with van der Waals surface area (Å²) in [6.45, 7) is 21.9. The van der Waals surface area contributed by atoms with Crippen LogP contribution in [0, 0.1) is 0 Å². The van der Waals surface area contributed by atoms with Gasteiger partial charge in [0.25, 0.3) is 0 Å². The van der Waals surface area contributed by atoms with E-state index >= 15 is 0 Å². The standard InChI is InChI=1S/C22H28N2/c1-8-12-17-23(10-3)19-15-14-16-20(21(19)22(5,6)7)24(11-4)18-13-9-2/h8-18H,1-4H2,5-7H3/b17-12-,18-13-. The monoisotopic (exact) mass is 320 g/mol. The first-order valence-corrected chi connectivity index (χ1v) is 7.94. The highest BCUT2D eigenvalue weighted by molar-refractivity contribution is 5.73. The van der Waals surface area contributed by atoms with Gasteiger partial charge in [-0.3, -0.25) is 0 Å². The molecule has 0 aromatic heterocycles. The number of nitrogens with zero attached hydrogens (tertiary/aromatic N) is 2. The SMILES string of the molecule is C=C/C=C\N(C=C)c1cccc(N(C=C)/C=C\C=C)c1C(C)(C)C. The molecule has 126 valence electrons. The van der Waals surface area contributed by atoms with Crippen LogP contribution in [-0.4, -0.2) is 0 Å². The summed E-state index contributed by atoms with van der Waals surface area (Å²) < 4.78 is 0. The van der Waals surface area contributed by atoms with Crippen molar-refractivity contribution in [2.45, 2.75) is 26.2 Å². The molecule has 0 aliphatic heterocycles. The predicted molar refractivity (Wildman–Crippen MR) is 109 cm³/mol. The van der Waals surface area contributed by atoms with Crippen LogP contribution in [0.4, 0.5) is 11.4 Å². The van der Waals surface area contributed by atoms with Gasteiger partial charge in [0.2, 0.25) is 0 Å². The topological polar surface area (TPSA) is 6.48 Å². The number of hydrogen-bond acceptors (Lipinski definition) is 2. The summed E-state index contributed by atoms with van der Waals surface area (Å²) in [5.41, 5.74) is 3.28. The van der Waals surface area contributed by atoms with Crippen molar-refractivity contribution in [3.63, 3.8) is 0 Å². The second-order valence-electron chi connectivity index (χ2n) is 6.26. The van der Waals surface area contributed by atoms with Gasteiger partial charge in [-0.05, 0) is 29.7 Å². The van der Waals surface area contributed by atoms with E-state index in [1.54, 1.807) is 24.6 Å². The van der Waals surface area contributed by atoms with Crippen molar-refractivity contribution in [2.75, 3.05) is 9.80 Å². The van der Waals surface area contributed by atoms with E-state index in [-0.39, 0.29) is 5.41 Å². The fourth-order valence-corrected chi connectivity index (χ4v) is 2.51. The highest BCUT2D eigenvalue weighted by Gasteiger charge is 2.25. The molecule has 1 rings (SSSR count). The predicted octanol–water partition coefficient (Wildman–Crippen LogP) is 6.28. The van der Waals surface area contributed by atoms with Gasteiger partial charge in [-0.1, -0.05) is 65.3 Å². The Morgan fingerprint density at radius 2 is 1.21 bits per heavy atom. The molecule has 0 fully saturated rings. The van der Waals surface area contributed by atoms with Gasteiger partial charge in [0.1, 0.15) is 0 Å². The first kappa shape index (κ1) is 19.3. The Morgan fingerprint density at radius 3 is 1.50 bits per heavy atom. The first-order valence-electron chi connectivity index (χ1n) is 7.94. The minimum atomic E-state index is -0.0709. The molecule has 0 atom stereocenters. The van der Waals surface area contributed by atoms with Crippen molar-refractivity contribution in [3.05, 3.63) is 99.2 Å². The van der Waals surface area contributed by atoms with Crippen molar-refractivity contribution < 1.29 is 0 Å². The summed E-state index contributed by atoms with van der Waals surface area (Å²) in [7, 11) is 0. The molecule has 0 amide bonds. The van der Waals surface area contributed by atoms with Gasteiger partial charge in [-0.2, -0.15) is 0 Å². The quantitative estimate of drug-likeness (QED) is 0.520. The van der Waals surface area contributed by atoms with Crippen molar-refractivity contribution in [1.29, 1.82) is 0 Å². The molecule has 2 heteroatoms. The molecular formula is C22H28N2. The summed E-state index contributed by atoms with van der Waals surface area (Å²) >= 11 is 0. The summed E-state index contributed by atoms with van der Waals surface area (Å²) in [5.74, 6) is 0. The van der Waals surface area contributed by atoms with Gasteiger partial charge in [0.05, 0.1) is 11.4 Å². The largest absolute Gasteiger partial charge is 0.324 e. The van der Waals surface area contributed by atoms with Crippen LogP contribution in [0.25, 0.3) is 0 Å². The Morgan fingerprint density at radius 1 is 0.792 bits per heavy atom. The maximum Gasteiger partial charge on any atom is 0.0507 e. The zero-order chi connectivity index (χ0) is 18.2. The maximum absolute atomic E-state index is 3.94. The molecule has 0 spiro atoms. The minimum absolute atomic E-state index is 0.0709. The number of hydrogen-bond donors (Lipinski definition) is 0. The van der Waals surface area contributed by atoms with E-state index in [1.807, 2.05) is 40.4 Å². The molecule has 0 radical (unpaired) electrons. The van der Waals surface area contributed by atoms with Gasteiger partial charge in [-0.25, -0.2) is 0 Å². The highest BCUT2D eigenvalue weighted by Crippen LogP contribution is 2.40. The number of benzene rings is 1. The average Bonchev–Trinajstić information content (AvgIpc) is 2.55. The Kier molecular flexibility index (Phi) is 7.06. The van der Waals surface area contributed by atoms with Crippen molar-refractivity contribution in [1.82, 2.24) is 0 Å². The summed E-state index contributed by atoms with van der Waals surface area (Å²) in [4.78, 5) is 4.01. The Labute approximate surface area is 147 Å². The van der Waals surface area contributed by atoms with Crippen molar-refractivity contribution in [3.8, 4) is 0 Å². The van der Waals surface area contributed by atoms with Crippen LogP contribution in [0.2, 0.25) is 0 Å². The fraction of sp³-hybridized carbons (Fsp3) is 0.182. The number of rotatable bonds is 8. The lowest BCUT2D eigenvalue weighted by Gasteiger charge is -2.32. The summed E-state index contributed by atoms with van der Waals surface area (Å²) in [5, 5.41) is 0. The smallest absolute Gasteiger partial charge is 0.0507 e. The van der Waals surface area contributed by atoms with Crippen LogP contribution in [0.5, 0.6) is 0 Å². The normalized spacial score (nSPS) is 11.5. The molecule has 1 aromatic rings. The molecule has 2 nitrogen and oxygen atoms in total. The number of anilines is 2. The molecule has 0 saturated carbocycles. The molecule has 0 saturated heterocycles. The zero-order valence-electron chi connectivity index (χ0n) is 15.1. The molecular weight excluding hydrogens is 292 g/mol. The van der Waals surface area contributed by atoms with Crippen LogP contribution < -0.4 is 9.80 Å².